The van der Waals surface area contributed by atoms with Crippen LogP contribution in [0.15, 0.2) is 0 Å². The summed E-state index contributed by atoms with van der Waals surface area (Å²) in [6.45, 7) is 36.1. The highest BCUT2D eigenvalue weighted by Crippen LogP contribution is 2.76. The number of nitrogens with one attached hydrogen (secondary N) is 2. The number of carbonyl (C=O) groups excluding carboxylic acids is 4. The van der Waals surface area contributed by atoms with Crippen molar-refractivity contribution in [2.24, 2.45) is 57.2 Å². The van der Waals surface area contributed by atoms with Crippen molar-refractivity contribution in [1.82, 2.24) is 10.6 Å². The predicted molar refractivity (Wildman–Crippen MR) is 250 cm³/mol. The molecule has 0 aromatic rings. The number of esters is 2. The highest BCUT2D eigenvalue weighted by Gasteiger charge is 2.72. The Hall–Kier alpha value is -2.60. The van der Waals surface area contributed by atoms with Gasteiger partial charge in [0.25, 0.3) is 0 Å². The Bertz CT molecular complexity index is 1650. The SMILES string of the molecule is CC(C)C[C@H](NC(=O)OC(C)(C)C)C(=O)O[C@H]1CC[C@]2(C)[C@H]3C[C@@H](OC(=O)[C@H](CC(C)C)NC(=O)OC(C)(C)C)[C@@H]4[C@@H]([C@](C)(O)CCCC(C)(C)O)CC[C@@]4(C)[C@]3(C)CC[C@H]2C1(C)C. The van der Waals surface area contributed by atoms with E-state index < -0.39 is 70.1 Å². The van der Waals surface area contributed by atoms with E-state index in [4.69, 9.17) is 18.9 Å². The van der Waals surface area contributed by atoms with Crippen molar-refractivity contribution in [1.29, 1.82) is 0 Å². The van der Waals surface area contributed by atoms with Crippen LogP contribution in [0.3, 0.4) is 0 Å². The van der Waals surface area contributed by atoms with Gasteiger partial charge in [0.2, 0.25) is 0 Å². The first-order chi connectivity index (χ1) is 29.0. The first-order valence-electron chi connectivity index (χ1n) is 24.8. The summed E-state index contributed by atoms with van der Waals surface area (Å²) in [5, 5.41) is 28.7. The first-order valence-corrected chi connectivity index (χ1v) is 24.8. The molecule has 0 heterocycles. The maximum atomic E-state index is 14.6. The number of ether oxygens (including phenoxy) is 4. The highest BCUT2D eigenvalue weighted by molar-refractivity contribution is 5.82. The number of rotatable bonds is 15. The second-order valence-corrected chi connectivity index (χ2v) is 25.8. The standard InChI is InChI=1S/C52H92N2O10/c1-31(2)28-34(53-43(57)63-45(5,6)7)41(55)61-36-30-38-49(15)25-22-39(62-42(56)35(29-32(3)4)54-44(58)64-46(8,9)10)48(13,14)37(49)21-27-50(38,16)51(17)26-20-33(40(36)51)52(18,60)24-19-23-47(11,12)59/h31-40,59-60H,19-30H2,1-18H3,(H,53,57)(H,54,58)/t33-,34-,35-,36+,37-,38+,39-,40-,49-,50+,51+,52+/m0/s1. The smallest absolute Gasteiger partial charge is 0.408 e. The molecule has 0 radical (unpaired) electrons. The van der Waals surface area contributed by atoms with Crippen molar-refractivity contribution in [3.05, 3.63) is 0 Å². The second-order valence-electron chi connectivity index (χ2n) is 25.8. The van der Waals surface area contributed by atoms with Crippen LogP contribution < -0.4 is 10.6 Å². The zero-order valence-electron chi connectivity index (χ0n) is 43.4. The van der Waals surface area contributed by atoms with E-state index in [2.05, 4.69) is 45.3 Å². The normalized spacial score (nSPS) is 33.4. The van der Waals surface area contributed by atoms with Crippen LogP contribution in [0.4, 0.5) is 9.59 Å². The number of alkyl carbamates (subject to hydrolysis) is 2. The third-order valence-electron chi connectivity index (χ3n) is 16.5. The van der Waals surface area contributed by atoms with E-state index in [0.29, 0.717) is 44.9 Å². The van der Waals surface area contributed by atoms with Crippen LogP contribution in [-0.4, -0.2) is 81.0 Å². The average molecular weight is 905 g/mol. The highest BCUT2D eigenvalue weighted by atomic mass is 16.6. The van der Waals surface area contributed by atoms with Crippen molar-refractivity contribution >= 4 is 24.1 Å². The summed E-state index contributed by atoms with van der Waals surface area (Å²) < 4.78 is 24.4. The molecule has 0 aliphatic heterocycles. The fourth-order valence-electron chi connectivity index (χ4n) is 13.5. The van der Waals surface area contributed by atoms with Gasteiger partial charge in [-0.1, -0.05) is 62.3 Å². The van der Waals surface area contributed by atoms with Crippen LogP contribution in [0, 0.1) is 57.2 Å². The minimum absolute atomic E-state index is 0.0846. The van der Waals surface area contributed by atoms with Crippen molar-refractivity contribution in [2.45, 2.75) is 248 Å². The molecule has 4 N–H and O–H groups in total. The maximum Gasteiger partial charge on any atom is 0.408 e. The molecule has 4 fully saturated rings. The largest absolute Gasteiger partial charge is 0.461 e. The number of aliphatic hydroxyl groups is 2. The summed E-state index contributed by atoms with van der Waals surface area (Å²) in [6.07, 6.45) is 5.96. The van der Waals surface area contributed by atoms with E-state index in [0.717, 1.165) is 32.1 Å². The summed E-state index contributed by atoms with van der Waals surface area (Å²) in [4.78, 5) is 54.7. The Morgan fingerprint density at radius 3 is 1.59 bits per heavy atom. The topological polar surface area (TPSA) is 170 Å². The molecule has 12 atom stereocenters. The van der Waals surface area contributed by atoms with E-state index >= 15 is 0 Å². The van der Waals surface area contributed by atoms with Gasteiger partial charge in [0.05, 0.1) is 11.2 Å². The summed E-state index contributed by atoms with van der Waals surface area (Å²) in [7, 11) is 0. The van der Waals surface area contributed by atoms with Gasteiger partial charge in [0.15, 0.2) is 0 Å². The van der Waals surface area contributed by atoms with E-state index in [1.807, 2.05) is 34.6 Å². The molecule has 0 bridgehead atoms. The zero-order valence-corrected chi connectivity index (χ0v) is 43.4. The molecule has 64 heavy (non-hydrogen) atoms. The zero-order chi connectivity index (χ0) is 48.8. The molecule has 4 aliphatic rings. The third-order valence-corrected chi connectivity index (χ3v) is 16.5. The van der Waals surface area contributed by atoms with Gasteiger partial charge in [0, 0.05) is 11.3 Å². The van der Waals surface area contributed by atoms with E-state index in [1.54, 1.807) is 55.4 Å². The van der Waals surface area contributed by atoms with Gasteiger partial charge in [-0.15, -0.1) is 0 Å². The van der Waals surface area contributed by atoms with Crippen molar-refractivity contribution in [2.75, 3.05) is 0 Å². The van der Waals surface area contributed by atoms with E-state index in [1.165, 1.54) is 0 Å². The van der Waals surface area contributed by atoms with E-state index in [-0.39, 0.29) is 57.9 Å². The number of hydrogen-bond acceptors (Lipinski definition) is 10. The summed E-state index contributed by atoms with van der Waals surface area (Å²) in [5.74, 6) is -0.687. The summed E-state index contributed by atoms with van der Waals surface area (Å²) in [6, 6.07) is -1.75. The molecule has 0 aromatic heterocycles. The first kappa shape index (κ1) is 54.0. The van der Waals surface area contributed by atoms with Crippen molar-refractivity contribution in [3.63, 3.8) is 0 Å². The molecule has 2 amide bonds. The molecule has 12 heteroatoms. The second kappa shape index (κ2) is 19.2. The lowest BCUT2D eigenvalue weighted by Gasteiger charge is -2.70. The lowest BCUT2D eigenvalue weighted by molar-refractivity contribution is -0.253. The van der Waals surface area contributed by atoms with Gasteiger partial charge in [-0.25, -0.2) is 19.2 Å². The summed E-state index contributed by atoms with van der Waals surface area (Å²) in [5.41, 5.74) is -4.44. The molecular weight excluding hydrogens is 813 g/mol. The minimum Gasteiger partial charge on any atom is -0.461 e. The molecule has 12 nitrogen and oxygen atoms in total. The lowest BCUT2D eigenvalue weighted by Crippen LogP contribution is -2.67. The van der Waals surface area contributed by atoms with Crippen LogP contribution >= 0.6 is 0 Å². The van der Waals surface area contributed by atoms with Gasteiger partial charge in [0.1, 0.15) is 35.5 Å². The van der Waals surface area contributed by atoms with Crippen LogP contribution in [-0.2, 0) is 28.5 Å². The van der Waals surface area contributed by atoms with Gasteiger partial charge in [-0.05, 0) is 185 Å². The predicted octanol–water partition coefficient (Wildman–Crippen LogP) is 10.7. The quantitative estimate of drug-likeness (QED) is 0.0916. The Labute approximate surface area is 387 Å². The van der Waals surface area contributed by atoms with Gasteiger partial charge in [-0.3, -0.25) is 0 Å². The summed E-state index contributed by atoms with van der Waals surface area (Å²) >= 11 is 0. The molecule has 0 spiro atoms. The number of carbonyl (C=O) groups is 4. The number of fused-ring (bicyclic) bond motifs is 5. The minimum atomic E-state index is -1.07. The Morgan fingerprint density at radius 1 is 0.641 bits per heavy atom. The third kappa shape index (κ3) is 12.3. The van der Waals surface area contributed by atoms with E-state index in [9.17, 15) is 29.4 Å². The fourth-order valence-corrected chi connectivity index (χ4v) is 13.5. The number of amides is 2. The average Bonchev–Trinajstić information content (AvgIpc) is 3.47. The van der Waals surface area contributed by atoms with Crippen LogP contribution in [0.1, 0.15) is 202 Å². The molecule has 4 saturated carbocycles. The van der Waals surface area contributed by atoms with Crippen molar-refractivity contribution < 1.29 is 48.3 Å². The molecule has 0 unspecified atom stereocenters. The van der Waals surface area contributed by atoms with Crippen molar-refractivity contribution in [3.8, 4) is 0 Å². The van der Waals surface area contributed by atoms with Gasteiger partial charge < -0.3 is 39.8 Å². The number of hydrogen-bond donors (Lipinski definition) is 4. The van der Waals surface area contributed by atoms with Gasteiger partial charge in [-0.2, -0.15) is 0 Å². The molecule has 0 saturated heterocycles. The fraction of sp³-hybridized carbons (Fsp3) is 0.923. The van der Waals surface area contributed by atoms with Crippen LogP contribution in [0.2, 0.25) is 0 Å². The molecule has 0 aromatic carbocycles. The lowest BCUT2D eigenvalue weighted by atomic mass is 9.35. The molecule has 370 valence electrons. The molecule has 4 aliphatic carbocycles. The molecule has 4 rings (SSSR count). The van der Waals surface area contributed by atoms with Crippen LogP contribution in [0.5, 0.6) is 0 Å². The molecular formula is C52H92N2O10. The Morgan fingerprint density at radius 2 is 1.12 bits per heavy atom. The maximum absolute atomic E-state index is 14.6. The monoisotopic (exact) mass is 905 g/mol. The van der Waals surface area contributed by atoms with Gasteiger partial charge >= 0.3 is 24.1 Å². The Kier molecular flexibility index (Phi) is 16.2. The van der Waals surface area contributed by atoms with Crippen LogP contribution in [0.25, 0.3) is 0 Å². The Balaban J connectivity index is 1.71.